The summed E-state index contributed by atoms with van der Waals surface area (Å²) in [4.78, 5) is 27.1. The number of hydrogen-bond acceptors (Lipinski definition) is 4. The maximum atomic E-state index is 11.6. The SMILES string of the molecule is [3H]c1cc2[nH]c3nc(-c4ccc(C(=O)NC)nc4[3H])ccc3c2c([3H])n1. The summed E-state index contributed by atoms with van der Waals surface area (Å²) in [6, 6.07) is 8.26. The summed E-state index contributed by atoms with van der Waals surface area (Å²) < 4.78 is 23.7. The number of rotatable bonds is 2. The Morgan fingerprint density at radius 2 is 2.09 bits per heavy atom. The number of carbonyl (C=O) groups is 1. The normalized spacial score (nSPS) is 12.8. The van der Waals surface area contributed by atoms with Crippen molar-refractivity contribution in [1.82, 2.24) is 25.3 Å². The lowest BCUT2D eigenvalue weighted by Crippen LogP contribution is -2.18. The average Bonchev–Trinajstić information content (AvgIpc) is 2.98. The van der Waals surface area contributed by atoms with Crippen molar-refractivity contribution in [3.63, 3.8) is 0 Å². The second kappa shape index (κ2) is 5.17. The highest BCUT2D eigenvalue weighted by molar-refractivity contribution is 6.05. The predicted octanol–water partition coefficient (Wildman–Crippen LogP) is 2.53. The Labute approximate surface area is 135 Å². The van der Waals surface area contributed by atoms with E-state index in [1.807, 2.05) is 0 Å². The van der Waals surface area contributed by atoms with Crippen LogP contribution < -0.4 is 5.32 Å². The number of H-pyrrole nitrogens is 1. The van der Waals surface area contributed by atoms with Crippen LogP contribution in [-0.4, -0.2) is 32.9 Å². The molecule has 2 N–H and O–H groups in total. The van der Waals surface area contributed by atoms with Crippen molar-refractivity contribution in [2.24, 2.45) is 0 Å². The van der Waals surface area contributed by atoms with Gasteiger partial charge in [-0.05, 0) is 30.3 Å². The van der Waals surface area contributed by atoms with E-state index in [0.717, 1.165) is 5.39 Å². The molecule has 4 rings (SSSR count). The van der Waals surface area contributed by atoms with Gasteiger partial charge in [-0.3, -0.25) is 14.8 Å². The van der Waals surface area contributed by atoms with Crippen molar-refractivity contribution in [3.05, 3.63) is 54.5 Å². The highest BCUT2D eigenvalue weighted by atomic mass is 16.1. The van der Waals surface area contributed by atoms with Crippen LogP contribution >= 0.6 is 0 Å². The van der Waals surface area contributed by atoms with Crippen LogP contribution in [0.5, 0.6) is 0 Å². The first kappa shape index (κ1) is 10.4. The van der Waals surface area contributed by atoms with E-state index < -0.39 is 0 Å². The molecule has 0 bridgehead atoms. The summed E-state index contributed by atoms with van der Waals surface area (Å²) >= 11 is 0. The zero-order chi connectivity index (χ0) is 18.4. The van der Waals surface area contributed by atoms with Crippen molar-refractivity contribution >= 4 is 27.8 Å². The molecule has 0 aliphatic rings. The average molecular weight is 309 g/mol. The number of aromatic amines is 1. The van der Waals surface area contributed by atoms with Gasteiger partial charge in [-0.25, -0.2) is 4.98 Å². The Kier molecular flexibility index (Phi) is 2.35. The fourth-order valence-corrected chi connectivity index (χ4v) is 2.41. The monoisotopic (exact) mass is 309 g/mol. The van der Waals surface area contributed by atoms with Crippen molar-refractivity contribution in [1.29, 1.82) is 0 Å². The minimum atomic E-state index is -0.356. The quantitative estimate of drug-likeness (QED) is 0.596. The molecule has 0 aromatic carbocycles. The van der Waals surface area contributed by atoms with Gasteiger partial charge in [-0.2, -0.15) is 0 Å². The van der Waals surface area contributed by atoms with Gasteiger partial charge < -0.3 is 10.3 Å². The van der Waals surface area contributed by atoms with Gasteiger partial charge >= 0.3 is 0 Å². The zero-order valence-corrected chi connectivity index (χ0v) is 12.1. The number of aromatic nitrogens is 4. The molecule has 6 nitrogen and oxygen atoms in total. The Morgan fingerprint density at radius 1 is 1.17 bits per heavy atom. The van der Waals surface area contributed by atoms with Crippen LogP contribution in [0.15, 0.2) is 48.9 Å². The van der Waals surface area contributed by atoms with Crippen LogP contribution in [0.4, 0.5) is 0 Å². The minimum Gasteiger partial charge on any atom is -0.354 e. The van der Waals surface area contributed by atoms with Crippen molar-refractivity contribution in [3.8, 4) is 11.3 Å². The summed E-state index contributed by atoms with van der Waals surface area (Å²) in [5.41, 5.74) is 2.34. The number of fused-ring (bicyclic) bond motifs is 3. The van der Waals surface area contributed by atoms with E-state index in [1.165, 1.54) is 7.05 Å². The molecule has 1 amide bonds. The summed E-state index contributed by atoms with van der Waals surface area (Å²) in [6.07, 6.45) is -0.0202. The Bertz CT molecular complexity index is 1190. The first-order valence-corrected chi connectivity index (χ1v) is 6.94. The number of pyridine rings is 3. The standard InChI is InChI=1S/C17H13N5O/c1-18-17(23)15-4-2-10(8-20-15)13-5-3-11-12-9-19-7-6-14(12)22-16(11)21-13/h2-9H,1H3,(H,18,23)(H,21,22)/i7T,8T,9T. The molecule has 23 heavy (non-hydrogen) atoms. The van der Waals surface area contributed by atoms with Crippen LogP contribution in [-0.2, 0) is 0 Å². The van der Waals surface area contributed by atoms with E-state index in [4.69, 9.17) is 4.11 Å². The van der Waals surface area contributed by atoms with E-state index in [2.05, 4.69) is 25.3 Å². The lowest BCUT2D eigenvalue weighted by atomic mass is 10.1. The fraction of sp³-hybridized carbons (Fsp3) is 0.0588. The molecule has 0 aliphatic carbocycles. The van der Waals surface area contributed by atoms with Crippen molar-refractivity contribution in [2.75, 3.05) is 7.05 Å². The van der Waals surface area contributed by atoms with E-state index in [-0.39, 0.29) is 30.1 Å². The first-order chi connectivity index (χ1) is 12.5. The van der Waals surface area contributed by atoms with Crippen molar-refractivity contribution in [2.45, 2.75) is 0 Å². The summed E-state index contributed by atoms with van der Waals surface area (Å²) in [5.74, 6) is -0.356. The Hall–Kier alpha value is -3.28. The summed E-state index contributed by atoms with van der Waals surface area (Å²) in [7, 11) is 1.50. The fourth-order valence-electron chi connectivity index (χ4n) is 2.41. The molecule has 0 fully saturated rings. The molecule has 4 heterocycles. The third-order valence-corrected chi connectivity index (χ3v) is 3.57. The van der Waals surface area contributed by atoms with Gasteiger partial charge in [0.1, 0.15) is 11.3 Å². The van der Waals surface area contributed by atoms with Gasteiger partial charge in [0, 0.05) is 41.9 Å². The lowest BCUT2D eigenvalue weighted by molar-refractivity contribution is 0.0958. The van der Waals surface area contributed by atoms with Gasteiger partial charge in [-0.15, -0.1) is 0 Å². The third kappa shape index (κ3) is 2.20. The predicted molar refractivity (Wildman–Crippen MR) is 88.0 cm³/mol. The van der Waals surface area contributed by atoms with E-state index in [1.54, 1.807) is 30.3 Å². The molecule has 4 aromatic heterocycles. The molecule has 4 aromatic rings. The van der Waals surface area contributed by atoms with Crippen molar-refractivity contribution < 1.29 is 8.91 Å². The van der Waals surface area contributed by atoms with Gasteiger partial charge in [0.15, 0.2) is 0 Å². The molecule has 0 spiro atoms. The van der Waals surface area contributed by atoms with Crippen LogP contribution in [0, 0.1) is 0 Å². The van der Waals surface area contributed by atoms with Crippen LogP contribution in [0.1, 0.15) is 14.6 Å². The highest BCUT2D eigenvalue weighted by Crippen LogP contribution is 2.26. The molecular formula is C17H13N5O. The number of carbonyl (C=O) groups excluding carboxylic acids is 1. The van der Waals surface area contributed by atoms with E-state index >= 15 is 0 Å². The molecule has 0 saturated carbocycles. The number of nitrogens with zero attached hydrogens (tertiary/aromatic N) is 3. The minimum absolute atomic E-state index is 0.0108. The highest BCUT2D eigenvalue weighted by Gasteiger charge is 2.09. The smallest absolute Gasteiger partial charge is 0.269 e. The molecule has 0 atom stereocenters. The Balaban J connectivity index is 1.87. The van der Waals surface area contributed by atoms with Gasteiger partial charge in [0.25, 0.3) is 5.91 Å². The van der Waals surface area contributed by atoms with E-state index in [9.17, 15) is 4.79 Å². The van der Waals surface area contributed by atoms with Crippen LogP contribution in [0.2, 0.25) is 0 Å². The zero-order valence-electron chi connectivity index (χ0n) is 15.1. The molecule has 6 heteroatoms. The summed E-state index contributed by atoms with van der Waals surface area (Å²) in [5, 5.41) is 3.80. The molecule has 0 saturated heterocycles. The molecule has 0 aliphatic heterocycles. The van der Waals surface area contributed by atoms with Gasteiger partial charge in [0.2, 0.25) is 0 Å². The third-order valence-electron chi connectivity index (χ3n) is 3.57. The molecule has 0 unspecified atom stereocenters. The number of nitrogens with one attached hydrogen (secondary N) is 2. The van der Waals surface area contributed by atoms with Crippen LogP contribution in [0.25, 0.3) is 33.2 Å². The Morgan fingerprint density at radius 3 is 2.91 bits per heavy atom. The molecular weight excluding hydrogens is 290 g/mol. The maximum Gasteiger partial charge on any atom is 0.269 e. The van der Waals surface area contributed by atoms with E-state index in [0.29, 0.717) is 27.8 Å². The van der Waals surface area contributed by atoms with Crippen LogP contribution in [0.3, 0.4) is 0 Å². The largest absolute Gasteiger partial charge is 0.354 e. The van der Waals surface area contributed by atoms with Gasteiger partial charge in [-0.1, -0.05) is 0 Å². The first-order valence-electron chi connectivity index (χ1n) is 8.44. The van der Waals surface area contributed by atoms with Gasteiger partial charge in [0.05, 0.1) is 15.3 Å². The topological polar surface area (TPSA) is 83.6 Å². The lowest BCUT2D eigenvalue weighted by Gasteiger charge is -2.02. The second-order valence-corrected chi connectivity index (χ2v) is 4.94. The number of hydrogen-bond donors (Lipinski definition) is 2. The number of amides is 1. The second-order valence-electron chi connectivity index (χ2n) is 4.94. The molecule has 0 radical (unpaired) electrons. The maximum absolute atomic E-state index is 11.6. The molecule has 112 valence electrons. The summed E-state index contributed by atoms with van der Waals surface area (Å²) in [6.45, 7) is 0.